The minimum Gasteiger partial charge on any atom is -0.467 e. The molecule has 0 spiro atoms. The maximum Gasteiger partial charge on any atom is 0.324 e. The van der Waals surface area contributed by atoms with Gasteiger partial charge in [-0.2, -0.15) is 15.1 Å². The number of aromatic nitrogens is 3. The Morgan fingerprint density at radius 1 is 1.00 bits per heavy atom. The fraction of sp³-hybridized carbons (Fsp3) is 0.333. The van der Waals surface area contributed by atoms with Gasteiger partial charge in [0, 0.05) is 5.92 Å². The van der Waals surface area contributed by atoms with Gasteiger partial charge in [-0.25, -0.2) is 0 Å². The highest BCUT2D eigenvalue weighted by molar-refractivity contribution is 5.85. The molecule has 126 valence electrons. The van der Waals surface area contributed by atoms with Crippen LogP contribution in [-0.4, -0.2) is 35.0 Å². The van der Waals surface area contributed by atoms with Crippen LogP contribution < -0.4 is 14.9 Å². The van der Waals surface area contributed by atoms with Crippen molar-refractivity contribution in [1.29, 1.82) is 0 Å². The van der Waals surface area contributed by atoms with Crippen LogP contribution in [-0.2, 0) is 0 Å². The molecule has 0 amide bonds. The van der Waals surface area contributed by atoms with Crippen molar-refractivity contribution >= 4 is 17.5 Å². The average Bonchev–Trinajstić information content (AvgIpc) is 2.61. The Kier molecular flexibility index (Phi) is 6.12. The van der Waals surface area contributed by atoms with Crippen LogP contribution in [0.25, 0.3) is 0 Å². The summed E-state index contributed by atoms with van der Waals surface area (Å²) >= 11 is 0. The zero-order chi connectivity index (χ0) is 17.4. The number of hydrazone groups is 1. The number of ether oxygens (including phenoxy) is 2. The smallest absolute Gasteiger partial charge is 0.324 e. The molecular weight excluding hydrogens is 310 g/mol. The summed E-state index contributed by atoms with van der Waals surface area (Å²) in [5, 5.41) is 12.4. The van der Waals surface area contributed by atoms with Crippen LogP contribution in [0, 0.1) is 5.92 Å². The van der Waals surface area contributed by atoms with E-state index in [-0.39, 0.29) is 23.9 Å². The summed E-state index contributed by atoms with van der Waals surface area (Å²) in [6, 6.07) is 9.76. The second-order valence-corrected chi connectivity index (χ2v) is 4.91. The first-order valence-electron chi connectivity index (χ1n) is 7.26. The van der Waals surface area contributed by atoms with Crippen LogP contribution in [0.4, 0.5) is 11.6 Å². The van der Waals surface area contributed by atoms with E-state index in [0.29, 0.717) is 5.84 Å². The third-order valence-corrected chi connectivity index (χ3v) is 2.78. The lowest BCUT2D eigenvalue weighted by Crippen LogP contribution is -2.07. The van der Waals surface area contributed by atoms with E-state index in [2.05, 4.69) is 35.7 Å². The van der Waals surface area contributed by atoms with Crippen molar-refractivity contribution in [2.24, 2.45) is 21.2 Å². The molecule has 2 rings (SSSR count). The summed E-state index contributed by atoms with van der Waals surface area (Å²) in [6.07, 6.45) is 0. The minimum absolute atomic E-state index is 0.0515. The van der Waals surface area contributed by atoms with Gasteiger partial charge in [0.25, 0.3) is 5.95 Å². The lowest BCUT2D eigenvalue weighted by molar-refractivity contribution is 0.340. The van der Waals surface area contributed by atoms with Crippen molar-refractivity contribution in [3.05, 3.63) is 30.3 Å². The zero-order valence-corrected chi connectivity index (χ0v) is 14.0. The highest BCUT2D eigenvalue weighted by Crippen LogP contribution is 2.15. The first-order chi connectivity index (χ1) is 11.6. The van der Waals surface area contributed by atoms with Gasteiger partial charge in [0.1, 0.15) is 0 Å². The average molecular weight is 329 g/mol. The Hall–Kier alpha value is -3.10. The number of rotatable bonds is 6. The summed E-state index contributed by atoms with van der Waals surface area (Å²) in [4.78, 5) is 11.9. The van der Waals surface area contributed by atoms with Gasteiger partial charge in [-0.15, -0.1) is 15.2 Å². The molecule has 0 radical (unpaired) electrons. The number of nitrogens with one attached hydrogen (secondary N) is 1. The molecule has 9 heteroatoms. The van der Waals surface area contributed by atoms with Gasteiger partial charge in [0.15, 0.2) is 5.84 Å². The van der Waals surface area contributed by atoms with Crippen LogP contribution in [0.2, 0.25) is 0 Å². The molecule has 1 aromatic heterocycles. The molecule has 0 bridgehead atoms. The second kappa shape index (κ2) is 8.51. The molecular formula is C15H19N7O2. The standard InChI is InChI=1S/C15H19N7O2/c1-10(2)12(20-19-11-8-6-5-7-9-11)21-22-13-16-14(23-3)18-15(17-13)24-4/h5-10,19H,1-4H3/b20-12-,22-21?. The molecule has 1 N–H and O–H groups in total. The van der Waals surface area contributed by atoms with Crippen LogP contribution in [0.3, 0.4) is 0 Å². The highest BCUT2D eigenvalue weighted by atomic mass is 16.5. The fourth-order valence-corrected chi connectivity index (χ4v) is 1.55. The highest BCUT2D eigenvalue weighted by Gasteiger charge is 2.08. The van der Waals surface area contributed by atoms with Gasteiger partial charge >= 0.3 is 12.0 Å². The van der Waals surface area contributed by atoms with E-state index in [1.807, 2.05) is 44.2 Å². The van der Waals surface area contributed by atoms with Gasteiger partial charge in [-0.3, -0.25) is 5.43 Å². The Morgan fingerprint density at radius 3 is 2.17 bits per heavy atom. The SMILES string of the molecule is COc1nc(N=N/C(=N\Nc2ccccc2)C(C)C)nc(OC)n1. The predicted molar refractivity (Wildman–Crippen MR) is 89.8 cm³/mol. The first kappa shape index (κ1) is 17.3. The quantitative estimate of drug-likeness (QED) is 0.378. The molecule has 0 atom stereocenters. The number of nitrogens with zero attached hydrogens (tertiary/aromatic N) is 6. The summed E-state index contributed by atoms with van der Waals surface area (Å²) in [5.74, 6) is 0.625. The predicted octanol–water partition coefficient (Wildman–Crippen LogP) is 3.05. The third-order valence-electron chi connectivity index (χ3n) is 2.78. The topological polar surface area (TPSA) is 106 Å². The van der Waals surface area contributed by atoms with Crippen molar-refractivity contribution in [1.82, 2.24) is 15.0 Å². The lowest BCUT2D eigenvalue weighted by atomic mass is 10.2. The summed E-state index contributed by atoms with van der Waals surface area (Å²) in [5.41, 5.74) is 3.80. The van der Waals surface area contributed by atoms with Gasteiger partial charge < -0.3 is 9.47 Å². The lowest BCUT2D eigenvalue weighted by Gasteiger charge is -2.05. The number of methoxy groups -OCH3 is 2. The van der Waals surface area contributed by atoms with Crippen molar-refractivity contribution in [3.63, 3.8) is 0 Å². The summed E-state index contributed by atoms with van der Waals surface area (Å²) < 4.78 is 9.94. The molecule has 0 saturated carbocycles. The monoisotopic (exact) mass is 329 g/mol. The van der Waals surface area contributed by atoms with E-state index in [9.17, 15) is 0 Å². The van der Waals surface area contributed by atoms with E-state index in [4.69, 9.17) is 9.47 Å². The molecule has 24 heavy (non-hydrogen) atoms. The zero-order valence-electron chi connectivity index (χ0n) is 14.0. The van der Waals surface area contributed by atoms with Crippen molar-refractivity contribution in [3.8, 4) is 12.0 Å². The van der Waals surface area contributed by atoms with Crippen LogP contribution in [0.15, 0.2) is 45.7 Å². The van der Waals surface area contributed by atoms with Gasteiger partial charge in [0.05, 0.1) is 19.9 Å². The summed E-state index contributed by atoms with van der Waals surface area (Å²) in [7, 11) is 2.89. The minimum atomic E-state index is 0.0515. The normalized spacial score (nSPS) is 11.8. The maximum atomic E-state index is 4.97. The molecule has 0 aliphatic carbocycles. The van der Waals surface area contributed by atoms with Crippen molar-refractivity contribution < 1.29 is 9.47 Å². The number of para-hydroxylation sites is 1. The first-order valence-corrected chi connectivity index (χ1v) is 7.26. The van der Waals surface area contributed by atoms with E-state index < -0.39 is 0 Å². The largest absolute Gasteiger partial charge is 0.467 e. The molecule has 0 saturated heterocycles. The van der Waals surface area contributed by atoms with Crippen LogP contribution >= 0.6 is 0 Å². The molecule has 9 nitrogen and oxygen atoms in total. The summed E-state index contributed by atoms with van der Waals surface area (Å²) in [6.45, 7) is 3.91. The molecule has 1 aromatic carbocycles. The number of amidine groups is 1. The van der Waals surface area contributed by atoms with Crippen molar-refractivity contribution in [2.75, 3.05) is 19.6 Å². The molecule has 1 heterocycles. The Labute approximate surface area is 139 Å². The van der Waals surface area contributed by atoms with E-state index in [1.54, 1.807) is 0 Å². The van der Waals surface area contributed by atoms with Gasteiger partial charge in [-0.1, -0.05) is 32.0 Å². The molecule has 0 unspecified atom stereocenters. The van der Waals surface area contributed by atoms with Crippen LogP contribution in [0.5, 0.6) is 12.0 Å². The molecule has 0 aliphatic heterocycles. The Bertz CT molecular complexity index is 695. The number of benzene rings is 1. The second-order valence-electron chi connectivity index (χ2n) is 4.91. The van der Waals surface area contributed by atoms with E-state index >= 15 is 0 Å². The van der Waals surface area contributed by atoms with E-state index in [1.165, 1.54) is 14.2 Å². The Balaban J connectivity index is 2.19. The number of hydrogen-bond acceptors (Lipinski definition) is 8. The van der Waals surface area contributed by atoms with Gasteiger partial charge in [0.2, 0.25) is 0 Å². The molecule has 0 fully saturated rings. The number of anilines is 1. The maximum absolute atomic E-state index is 4.97. The van der Waals surface area contributed by atoms with Gasteiger partial charge in [-0.05, 0) is 12.1 Å². The van der Waals surface area contributed by atoms with Crippen LogP contribution in [0.1, 0.15) is 13.8 Å². The Morgan fingerprint density at radius 2 is 1.62 bits per heavy atom. The fourth-order valence-electron chi connectivity index (χ4n) is 1.55. The number of azo groups is 1. The number of hydrogen-bond donors (Lipinski definition) is 1. The van der Waals surface area contributed by atoms with Crippen molar-refractivity contribution in [2.45, 2.75) is 13.8 Å². The van der Waals surface area contributed by atoms with E-state index in [0.717, 1.165) is 5.69 Å². The molecule has 0 aliphatic rings. The molecule has 2 aromatic rings. The third kappa shape index (κ3) is 4.97.